The maximum absolute atomic E-state index is 10.9. The highest BCUT2D eigenvalue weighted by molar-refractivity contribution is 6.42. The molecule has 5 heteroatoms. The van der Waals surface area contributed by atoms with Gasteiger partial charge in [-0.05, 0) is 12.2 Å². The average molecular weight is 182 g/mol. The third kappa shape index (κ3) is 2.41. The second-order valence-corrected chi connectivity index (χ2v) is 2.45. The number of hydroxylamine groups is 2. The highest BCUT2D eigenvalue weighted by Gasteiger charge is 2.13. The Balaban J connectivity index is 2.76. The molecule has 0 saturated carbocycles. The van der Waals surface area contributed by atoms with E-state index in [4.69, 9.17) is 5.21 Å². The van der Waals surface area contributed by atoms with Crippen LogP contribution in [0, 0.1) is 0 Å². The molecule has 0 aliphatic carbocycles. The largest absolute Gasteiger partial charge is 0.464 e. The van der Waals surface area contributed by atoms with E-state index in [0.717, 1.165) is 5.06 Å². The number of allylic oxidation sites excluding steroid dienone is 1. The minimum absolute atomic E-state index is 0.232. The number of carbonyl (C=O) groups excluding carboxylic acids is 1. The smallest absolute Gasteiger partial charge is 0.356 e. The van der Waals surface area contributed by atoms with E-state index in [1.807, 2.05) is 0 Å². The lowest BCUT2D eigenvalue weighted by atomic mass is 10.4. The van der Waals surface area contributed by atoms with Crippen molar-refractivity contribution in [2.45, 2.75) is 0 Å². The Morgan fingerprint density at radius 2 is 2.38 bits per heavy atom. The third-order valence-corrected chi connectivity index (χ3v) is 1.38. The molecule has 1 aliphatic rings. The molecule has 0 aromatic heterocycles. The second kappa shape index (κ2) is 3.86. The van der Waals surface area contributed by atoms with Crippen molar-refractivity contribution in [2.24, 2.45) is 4.99 Å². The summed E-state index contributed by atoms with van der Waals surface area (Å²) in [5.41, 5.74) is 0.737. The number of hydrogen-bond donors (Lipinski definition) is 1. The number of methoxy groups -OCH3 is 1. The first-order chi connectivity index (χ1) is 6.13. The summed E-state index contributed by atoms with van der Waals surface area (Å²) in [5, 5.41) is 9.70. The van der Waals surface area contributed by atoms with Crippen LogP contribution in [0.15, 0.2) is 29.0 Å². The monoisotopic (exact) mass is 182 g/mol. The van der Waals surface area contributed by atoms with Crippen LogP contribution in [0.1, 0.15) is 0 Å². The Morgan fingerprint density at radius 1 is 1.69 bits per heavy atom. The average Bonchev–Trinajstić information content (AvgIpc) is 2.50. The summed E-state index contributed by atoms with van der Waals surface area (Å²) in [6, 6.07) is 0. The number of esters is 1. The van der Waals surface area contributed by atoms with Crippen molar-refractivity contribution in [1.82, 2.24) is 5.06 Å². The fourth-order valence-corrected chi connectivity index (χ4v) is 0.860. The minimum atomic E-state index is -0.486. The van der Waals surface area contributed by atoms with Gasteiger partial charge >= 0.3 is 5.97 Å². The molecule has 0 bridgehead atoms. The van der Waals surface area contributed by atoms with Crippen molar-refractivity contribution < 1.29 is 14.7 Å². The Morgan fingerprint density at radius 3 is 2.92 bits per heavy atom. The molecule has 0 aromatic carbocycles. The molecule has 13 heavy (non-hydrogen) atoms. The Labute approximate surface area is 75.6 Å². The van der Waals surface area contributed by atoms with Gasteiger partial charge in [-0.3, -0.25) is 10.3 Å². The maximum atomic E-state index is 10.9. The molecule has 0 unspecified atom stereocenters. The summed E-state index contributed by atoms with van der Waals surface area (Å²) in [4.78, 5) is 14.8. The number of ether oxygens (including phenoxy) is 1. The molecule has 0 spiro atoms. The number of nitrogens with zero attached hydrogens (tertiary/aromatic N) is 2. The van der Waals surface area contributed by atoms with Gasteiger partial charge in [-0.2, -0.15) is 0 Å². The summed E-state index contributed by atoms with van der Waals surface area (Å²) in [6.45, 7) is 0. The van der Waals surface area contributed by atoms with Crippen molar-refractivity contribution in [2.75, 3.05) is 14.2 Å². The molecule has 1 N–H and O–H groups in total. The quantitative estimate of drug-likeness (QED) is 0.494. The van der Waals surface area contributed by atoms with E-state index in [0.29, 0.717) is 5.70 Å². The molecule has 1 rings (SSSR count). The molecule has 0 radical (unpaired) electrons. The molecule has 0 fully saturated rings. The van der Waals surface area contributed by atoms with E-state index >= 15 is 0 Å². The van der Waals surface area contributed by atoms with Gasteiger partial charge in [0.15, 0.2) is 0 Å². The second-order valence-electron chi connectivity index (χ2n) is 2.45. The van der Waals surface area contributed by atoms with Gasteiger partial charge in [-0.1, -0.05) is 0 Å². The van der Waals surface area contributed by atoms with Crippen LogP contribution in [0.5, 0.6) is 0 Å². The Bertz CT molecular complexity index is 303. The topological polar surface area (TPSA) is 62.1 Å². The van der Waals surface area contributed by atoms with Crippen LogP contribution >= 0.6 is 0 Å². The highest BCUT2D eigenvalue weighted by atomic mass is 16.5. The number of aliphatic imine (C=N–C) groups is 1. The summed E-state index contributed by atoms with van der Waals surface area (Å²) in [5.74, 6) is -0.486. The predicted octanol–water partition coefficient (Wildman–Crippen LogP) is 0.333. The Hall–Kier alpha value is -1.62. The van der Waals surface area contributed by atoms with Gasteiger partial charge < -0.3 is 4.74 Å². The minimum Gasteiger partial charge on any atom is -0.464 e. The zero-order chi connectivity index (χ0) is 9.84. The van der Waals surface area contributed by atoms with E-state index in [1.54, 1.807) is 6.08 Å². The van der Waals surface area contributed by atoms with Crippen molar-refractivity contribution in [1.29, 1.82) is 0 Å². The Kier molecular flexibility index (Phi) is 2.81. The lowest BCUT2D eigenvalue weighted by molar-refractivity contribution is -0.132. The highest BCUT2D eigenvalue weighted by Crippen LogP contribution is 2.09. The summed E-state index contributed by atoms with van der Waals surface area (Å²) in [7, 11) is 2.74. The van der Waals surface area contributed by atoms with Crippen LogP contribution in [0.2, 0.25) is 0 Å². The van der Waals surface area contributed by atoms with Crippen LogP contribution in [0.3, 0.4) is 0 Å². The molecular formula is C8H10N2O3. The van der Waals surface area contributed by atoms with Crippen LogP contribution in [0.25, 0.3) is 0 Å². The third-order valence-electron chi connectivity index (χ3n) is 1.38. The molecule has 0 saturated heterocycles. The van der Waals surface area contributed by atoms with Crippen molar-refractivity contribution in [3.8, 4) is 0 Å². The predicted molar refractivity (Wildman–Crippen MR) is 46.2 cm³/mol. The SMILES string of the molecule is COC(=O)C1=NC(=CN(C)O)C=C1. The fourth-order valence-electron chi connectivity index (χ4n) is 0.860. The maximum Gasteiger partial charge on any atom is 0.356 e. The van der Waals surface area contributed by atoms with E-state index in [9.17, 15) is 4.79 Å². The summed E-state index contributed by atoms with van der Waals surface area (Å²) < 4.78 is 4.46. The molecule has 5 nitrogen and oxygen atoms in total. The first-order valence-corrected chi connectivity index (χ1v) is 3.62. The van der Waals surface area contributed by atoms with Crippen LogP contribution in [-0.4, -0.2) is 36.1 Å². The summed E-state index contributed by atoms with van der Waals surface area (Å²) in [6.07, 6.45) is 4.52. The lowest BCUT2D eigenvalue weighted by Crippen LogP contribution is -2.11. The molecule has 0 atom stereocenters. The number of rotatable bonds is 2. The first-order valence-electron chi connectivity index (χ1n) is 3.62. The van der Waals surface area contributed by atoms with Crippen LogP contribution in [-0.2, 0) is 9.53 Å². The number of hydrogen-bond acceptors (Lipinski definition) is 5. The standard InChI is InChI=1S/C8H10N2O3/c1-10(12)5-6-3-4-7(9-6)8(11)13-2/h3-5,12H,1-2H3. The molecule has 70 valence electrons. The van der Waals surface area contributed by atoms with Crippen LogP contribution in [0.4, 0.5) is 0 Å². The summed E-state index contributed by atoms with van der Waals surface area (Å²) >= 11 is 0. The van der Waals surface area contributed by atoms with Gasteiger partial charge in [-0.25, -0.2) is 9.79 Å². The molecule has 1 aliphatic heterocycles. The molecule has 0 amide bonds. The first kappa shape index (κ1) is 9.47. The van der Waals surface area contributed by atoms with E-state index in [-0.39, 0.29) is 5.71 Å². The number of carbonyl (C=O) groups is 1. The van der Waals surface area contributed by atoms with Crippen molar-refractivity contribution in [3.63, 3.8) is 0 Å². The zero-order valence-corrected chi connectivity index (χ0v) is 7.39. The van der Waals surface area contributed by atoms with Crippen LogP contribution < -0.4 is 0 Å². The van der Waals surface area contributed by atoms with Gasteiger partial charge in [-0.15, -0.1) is 0 Å². The van der Waals surface area contributed by atoms with E-state index in [2.05, 4.69) is 9.73 Å². The van der Waals surface area contributed by atoms with Crippen molar-refractivity contribution in [3.05, 3.63) is 24.0 Å². The van der Waals surface area contributed by atoms with E-state index in [1.165, 1.54) is 26.4 Å². The molecule has 0 aromatic rings. The fraction of sp³-hybridized carbons (Fsp3) is 0.250. The molecule has 1 heterocycles. The zero-order valence-electron chi connectivity index (χ0n) is 7.39. The van der Waals surface area contributed by atoms with Gasteiger partial charge in [0.1, 0.15) is 5.71 Å². The van der Waals surface area contributed by atoms with Gasteiger partial charge in [0.05, 0.1) is 19.0 Å². The van der Waals surface area contributed by atoms with E-state index < -0.39 is 5.97 Å². The van der Waals surface area contributed by atoms with Gasteiger partial charge in [0, 0.05) is 7.05 Å². The lowest BCUT2D eigenvalue weighted by Gasteiger charge is -2.01. The van der Waals surface area contributed by atoms with Gasteiger partial charge in [0.2, 0.25) is 0 Å². The normalized spacial score (nSPS) is 17.5. The van der Waals surface area contributed by atoms with Crippen molar-refractivity contribution >= 4 is 11.7 Å². The van der Waals surface area contributed by atoms with Gasteiger partial charge in [0.25, 0.3) is 0 Å². The molecular weight excluding hydrogens is 172 g/mol.